The number of likely N-dealkylation sites (tertiary alicyclic amines) is 1. The Bertz CT molecular complexity index is 1360. The fourth-order valence-corrected chi connectivity index (χ4v) is 4.26. The maximum absolute atomic E-state index is 12.9. The Morgan fingerprint density at radius 2 is 2.12 bits per heavy atom. The van der Waals surface area contributed by atoms with Crippen LogP contribution in [-0.4, -0.2) is 47.7 Å². The molecule has 1 aromatic carbocycles. The molecule has 0 N–H and O–H groups in total. The van der Waals surface area contributed by atoms with E-state index < -0.39 is 5.69 Å². The van der Waals surface area contributed by atoms with Gasteiger partial charge < -0.3 is 9.42 Å². The van der Waals surface area contributed by atoms with Crippen molar-refractivity contribution in [2.75, 3.05) is 6.54 Å². The monoisotopic (exact) mass is 452 g/mol. The molecule has 1 atom stereocenters. The number of halogens is 1. The van der Waals surface area contributed by atoms with E-state index in [1.54, 1.807) is 36.5 Å². The van der Waals surface area contributed by atoms with Gasteiger partial charge >= 0.3 is 5.69 Å². The molecule has 0 bridgehead atoms. The molecule has 1 fully saturated rings. The summed E-state index contributed by atoms with van der Waals surface area (Å²) in [5.74, 6) is 0.490. The van der Waals surface area contributed by atoms with E-state index in [2.05, 4.69) is 15.2 Å². The summed E-state index contributed by atoms with van der Waals surface area (Å²) >= 11 is 6.06. The standard InChI is InChI=1S/C22H21ClN6O3/c1-14-6-2-3-10-27(14)18(30)13-29-22(31)28-11-5-9-17(20(28)25-29)21-24-19(26-32-21)15-7-4-8-16(23)12-15/h4-5,7-9,11-12,14H,2-3,6,10,13H2,1H3. The number of carbonyl (C=O) groups is 1. The van der Waals surface area contributed by atoms with Crippen LogP contribution >= 0.6 is 11.6 Å². The number of fused-ring (bicyclic) bond motifs is 1. The van der Waals surface area contributed by atoms with Gasteiger partial charge in [-0.2, -0.15) is 4.98 Å². The first-order valence-electron chi connectivity index (χ1n) is 10.5. The summed E-state index contributed by atoms with van der Waals surface area (Å²) in [4.78, 5) is 32.0. The molecule has 1 unspecified atom stereocenters. The smallest absolute Gasteiger partial charge is 0.338 e. The number of amides is 1. The van der Waals surface area contributed by atoms with Crippen LogP contribution in [0.15, 0.2) is 51.9 Å². The number of pyridine rings is 1. The Hall–Kier alpha value is -3.46. The van der Waals surface area contributed by atoms with Crippen LogP contribution in [0.2, 0.25) is 5.02 Å². The molecule has 0 spiro atoms. The van der Waals surface area contributed by atoms with Crippen molar-refractivity contribution in [3.63, 3.8) is 0 Å². The maximum Gasteiger partial charge on any atom is 0.350 e. The lowest BCUT2D eigenvalue weighted by atomic mass is 10.0. The van der Waals surface area contributed by atoms with E-state index in [-0.39, 0.29) is 24.4 Å². The number of benzene rings is 1. The molecule has 1 amide bonds. The normalized spacial score (nSPS) is 16.6. The van der Waals surface area contributed by atoms with E-state index in [9.17, 15) is 9.59 Å². The van der Waals surface area contributed by atoms with E-state index in [4.69, 9.17) is 16.1 Å². The van der Waals surface area contributed by atoms with Crippen LogP contribution in [0.5, 0.6) is 0 Å². The molecule has 164 valence electrons. The van der Waals surface area contributed by atoms with Crippen LogP contribution in [0.3, 0.4) is 0 Å². The number of hydrogen-bond donors (Lipinski definition) is 0. The van der Waals surface area contributed by atoms with Crippen LogP contribution in [0.4, 0.5) is 0 Å². The van der Waals surface area contributed by atoms with E-state index in [1.165, 1.54) is 9.08 Å². The van der Waals surface area contributed by atoms with Gasteiger partial charge in [-0.15, -0.1) is 5.10 Å². The van der Waals surface area contributed by atoms with Crippen LogP contribution in [0, 0.1) is 0 Å². The highest BCUT2D eigenvalue weighted by molar-refractivity contribution is 6.30. The Morgan fingerprint density at radius 1 is 1.25 bits per heavy atom. The van der Waals surface area contributed by atoms with E-state index in [1.807, 2.05) is 17.9 Å². The Kier molecular flexibility index (Phi) is 5.26. The number of hydrogen-bond acceptors (Lipinski definition) is 6. The Balaban J connectivity index is 1.48. The van der Waals surface area contributed by atoms with Crippen LogP contribution in [-0.2, 0) is 11.3 Å². The van der Waals surface area contributed by atoms with Gasteiger partial charge in [0.15, 0.2) is 5.65 Å². The molecule has 5 rings (SSSR count). The molecular formula is C22H21ClN6O3. The SMILES string of the molecule is CC1CCCCN1C(=O)Cn1nc2c(-c3nc(-c4cccc(Cl)c4)no3)cccn2c1=O. The third-order valence-corrected chi connectivity index (χ3v) is 5.99. The zero-order valence-corrected chi connectivity index (χ0v) is 18.2. The van der Waals surface area contributed by atoms with E-state index in [0.717, 1.165) is 19.3 Å². The highest BCUT2D eigenvalue weighted by atomic mass is 35.5. The lowest BCUT2D eigenvalue weighted by Crippen LogP contribution is -2.44. The molecule has 1 aliphatic heterocycles. The number of carbonyl (C=O) groups excluding carboxylic acids is 1. The maximum atomic E-state index is 12.9. The molecule has 9 nitrogen and oxygen atoms in total. The zero-order valence-electron chi connectivity index (χ0n) is 17.4. The number of nitrogens with zero attached hydrogens (tertiary/aromatic N) is 6. The molecule has 1 aliphatic rings. The average Bonchev–Trinajstić information content (AvgIpc) is 3.40. The predicted octanol–water partition coefficient (Wildman–Crippen LogP) is 3.27. The quantitative estimate of drug-likeness (QED) is 0.471. The van der Waals surface area contributed by atoms with Gasteiger partial charge in [0.05, 0.1) is 5.56 Å². The molecule has 0 saturated carbocycles. The minimum absolute atomic E-state index is 0.106. The van der Waals surface area contributed by atoms with Crippen molar-refractivity contribution in [1.82, 2.24) is 29.2 Å². The van der Waals surface area contributed by atoms with Crippen molar-refractivity contribution < 1.29 is 9.32 Å². The van der Waals surface area contributed by atoms with Crippen molar-refractivity contribution in [1.29, 1.82) is 0 Å². The number of rotatable bonds is 4. The van der Waals surface area contributed by atoms with Crippen molar-refractivity contribution in [2.24, 2.45) is 0 Å². The Morgan fingerprint density at radius 3 is 2.94 bits per heavy atom. The van der Waals surface area contributed by atoms with Gasteiger partial charge in [0, 0.05) is 29.4 Å². The zero-order chi connectivity index (χ0) is 22.2. The minimum atomic E-state index is -0.394. The van der Waals surface area contributed by atoms with Crippen molar-refractivity contribution in [3.05, 3.63) is 58.1 Å². The number of aromatic nitrogens is 5. The van der Waals surface area contributed by atoms with Crippen molar-refractivity contribution in [3.8, 4) is 22.8 Å². The summed E-state index contributed by atoms with van der Waals surface area (Å²) in [6.07, 6.45) is 4.67. The van der Waals surface area contributed by atoms with Crippen LogP contribution in [0.25, 0.3) is 28.5 Å². The molecule has 3 aromatic heterocycles. The van der Waals surface area contributed by atoms with Gasteiger partial charge in [-0.25, -0.2) is 13.9 Å². The highest BCUT2D eigenvalue weighted by Crippen LogP contribution is 2.26. The third-order valence-electron chi connectivity index (χ3n) is 5.76. The molecule has 0 aliphatic carbocycles. The van der Waals surface area contributed by atoms with Gasteiger partial charge in [0.1, 0.15) is 6.54 Å². The van der Waals surface area contributed by atoms with Gasteiger partial charge in [0.25, 0.3) is 5.89 Å². The molecule has 10 heteroatoms. The second-order valence-corrected chi connectivity index (χ2v) is 8.36. The summed E-state index contributed by atoms with van der Waals surface area (Å²) in [7, 11) is 0. The van der Waals surface area contributed by atoms with Crippen molar-refractivity contribution in [2.45, 2.75) is 38.8 Å². The van der Waals surface area contributed by atoms with Gasteiger partial charge in [-0.3, -0.25) is 4.79 Å². The highest BCUT2D eigenvalue weighted by Gasteiger charge is 2.25. The largest absolute Gasteiger partial charge is 0.350 e. The first-order chi connectivity index (χ1) is 15.5. The van der Waals surface area contributed by atoms with Crippen molar-refractivity contribution >= 4 is 23.2 Å². The molecule has 32 heavy (non-hydrogen) atoms. The number of piperidine rings is 1. The summed E-state index contributed by atoms with van der Waals surface area (Å²) < 4.78 is 8.02. The average molecular weight is 453 g/mol. The van der Waals surface area contributed by atoms with E-state index >= 15 is 0 Å². The van der Waals surface area contributed by atoms with Crippen LogP contribution < -0.4 is 5.69 Å². The fourth-order valence-electron chi connectivity index (χ4n) is 4.07. The summed E-state index contributed by atoms with van der Waals surface area (Å²) in [6, 6.07) is 10.7. The minimum Gasteiger partial charge on any atom is -0.338 e. The molecule has 0 radical (unpaired) electrons. The first kappa shape index (κ1) is 20.4. The van der Waals surface area contributed by atoms with E-state index in [0.29, 0.717) is 34.2 Å². The molecular weight excluding hydrogens is 432 g/mol. The molecule has 4 aromatic rings. The molecule has 1 saturated heterocycles. The summed E-state index contributed by atoms with van der Waals surface area (Å²) in [5.41, 5.74) is 1.17. The topological polar surface area (TPSA) is 98.5 Å². The van der Waals surface area contributed by atoms with Gasteiger partial charge in [-0.1, -0.05) is 28.9 Å². The second-order valence-electron chi connectivity index (χ2n) is 7.92. The Labute approximate surface area is 188 Å². The predicted molar refractivity (Wildman–Crippen MR) is 118 cm³/mol. The molecule has 4 heterocycles. The van der Waals surface area contributed by atoms with Crippen LogP contribution in [0.1, 0.15) is 26.2 Å². The third kappa shape index (κ3) is 3.69. The second kappa shape index (κ2) is 8.23. The lowest BCUT2D eigenvalue weighted by molar-refractivity contribution is -0.135. The fraction of sp³-hybridized carbons (Fsp3) is 0.318. The lowest BCUT2D eigenvalue weighted by Gasteiger charge is -2.33. The summed E-state index contributed by atoms with van der Waals surface area (Å²) in [6.45, 7) is 2.64. The summed E-state index contributed by atoms with van der Waals surface area (Å²) in [5, 5.41) is 9.01. The first-order valence-corrected chi connectivity index (χ1v) is 10.9. The van der Waals surface area contributed by atoms with Gasteiger partial charge in [0.2, 0.25) is 11.7 Å². The van der Waals surface area contributed by atoms with Gasteiger partial charge in [-0.05, 0) is 50.5 Å².